The summed E-state index contributed by atoms with van der Waals surface area (Å²) in [7, 11) is -0.670. The molecule has 0 aliphatic carbocycles. The highest BCUT2D eigenvalue weighted by Gasteiger charge is 2.25. The molecule has 0 radical (unpaired) electrons. The third-order valence-corrected chi connectivity index (χ3v) is 4.09. The highest BCUT2D eigenvalue weighted by atomic mass is 32.2. The maximum absolute atomic E-state index is 11.8. The molecule has 0 bridgehead atoms. The molecule has 0 aromatic carbocycles. The van der Waals surface area contributed by atoms with E-state index in [9.17, 15) is 17.4 Å². The molecule has 1 heterocycles. The number of alkyl halides is 3. The SMILES string of the molecule is O=S1CCC(NCCCCC(F)(F)F)CC1. The molecule has 6 heteroatoms. The molecule has 0 unspecified atom stereocenters. The molecule has 0 amide bonds. The van der Waals surface area contributed by atoms with Gasteiger partial charge in [-0.2, -0.15) is 13.2 Å². The van der Waals surface area contributed by atoms with Crippen LogP contribution in [0.25, 0.3) is 0 Å². The number of unbranched alkanes of at least 4 members (excludes halogenated alkanes) is 1. The van der Waals surface area contributed by atoms with Crippen molar-refractivity contribution in [2.75, 3.05) is 18.1 Å². The summed E-state index contributed by atoms with van der Waals surface area (Å²) in [5.74, 6) is 1.44. The Morgan fingerprint density at radius 1 is 1.19 bits per heavy atom. The molecule has 0 spiro atoms. The lowest BCUT2D eigenvalue weighted by Crippen LogP contribution is -2.36. The molecule has 1 N–H and O–H groups in total. The van der Waals surface area contributed by atoms with Crippen LogP contribution in [-0.4, -0.2) is 34.5 Å². The van der Waals surface area contributed by atoms with Crippen LogP contribution in [0.15, 0.2) is 0 Å². The van der Waals surface area contributed by atoms with E-state index in [-0.39, 0.29) is 6.42 Å². The second-order valence-electron chi connectivity index (χ2n) is 4.15. The summed E-state index contributed by atoms with van der Waals surface area (Å²) in [5, 5.41) is 3.23. The highest BCUT2D eigenvalue weighted by molar-refractivity contribution is 7.85. The Balaban J connectivity index is 1.97. The van der Waals surface area contributed by atoms with Crippen LogP contribution in [0.3, 0.4) is 0 Å². The van der Waals surface area contributed by atoms with E-state index in [0.29, 0.717) is 19.0 Å². The lowest BCUT2D eigenvalue weighted by Gasteiger charge is -2.22. The van der Waals surface area contributed by atoms with E-state index < -0.39 is 23.4 Å². The number of hydrogen-bond acceptors (Lipinski definition) is 2. The summed E-state index contributed by atoms with van der Waals surface area (Å²) in [4.78, 5) is 0. The van der Waals surface area contributed by atoms with Crippen molar-refractivity contribution < 1.29 is 17.4 Å². The van der Waals surface area contributed by atoms with Gasteiger partial charge >= 0.3 is 6.18 Å². The van der Waals surface area contributed by atoms with Gasteiger partial charge in [-0.15, -0.1) is 0 Å². The third kappa shape index (κ3) is 6.48. The maximum Gasteiger partial charge on any atom is 0.389 e. The molecule has 0 saturated carbocycles. The normalized spacial score (nSPS) is 26.9. The molecular weight excluding hydrogens is 239 g/mol. The van der Waals surface area contributed by atoms with Gasteiger partial charge in [0.05, 0.1) is 0 Å². The Hall–Kier alpha value is -0.100. The van der Waals surface area contributed by atoms with Crippen LogP contribution < -0.4 is 5.32 Å². The summed E-state index contributed by atoms with van der Waals surface area (Å²) in [5.41, 5.74) is 0. The van der Waals surface area contributed by atoms with Gasteiger partial charge in [0.2, 0.25) is 0 Å². The molecule has 1 fully saturated rings. The van der Waals surface area contributed by atoms with E-state index in [1.165, 1.54) is 0 Å². The van der Waals surface area contributed by atoms with Crippen molar-refractivity contribution in [1.29, 1.82) is 0 Å². The predicted molar refractivity (Wildman–Crippen MR) is 58.8 cm³/mol. The zero-order valence-corrected chi connectivity index (χ0v) is 10.0. The van der Waals surface area contributed by atoms with E-state index in [0.717, 1.165) is 24.3 Å². The fourth-order valence-electron chi connectivity index (χ4n) is 1.75. The molecule has 0 aromatic rings. The Morgan fingerprint density at radius 2 is 1.81 bits per heavy atom. The zero-order chi connectivity index (χ0) is 12.0. The summed E-state index contributed by atoms with van der Waals surface area (Å²) in [6, 6.07) is 0.351. The highest BCUT2D eigenvalue weighted by Crippen LogP contribution is 2.21. The van der Waals surface area contributed by atoms with E-state index in [2.05, 4.69) is 5.32 Å². The first-order chi connectivity index (χ1) is 7.47. The number of halogens is 3. The van der Waals surface area contributed by atoms with Crippen molar-refractivity contribution in [3.63, 3.8) is 0 Å². The van der Waals surface area contributed by atoms with Gasteiger partial charge in [-0.1, -0.05) is 0 Å². The van der Waals surface area contributed by atoms with Gasteiger partial charge in [-0.05, 0) is 32.2 Å². The Bertz CT molecular complexity index is 223. The van der Waals surface area contributed by atoms with Crippen LogP contribution in [0.2, 0.25) is 0 Å². The predicted octanol–water partition coefficient (Wildman–Crippen LogP) is 2.22. The van der Waals surface area contributed by atoms with E-state index in [1.54, 1.807) is 0 Å². The molecule has 2 nitrogen and oxygen atoms in total. The lowest BCUT2D eigenvalue weighted by molar-refractivity contribution is -0.135. The van der Waals surface area contributed by atoms with Crippen molar-refractivity contribution in [2.45, 2.75) is 44.3 Å². The molecule has 1 rings (SSSR count). The number of hydrogen-bond donors (Lipinski definition) is 1. The standard InChI is InChI=1S/C10H18F3NOS/c11-10(12,13)5-1-2-6-14-9-3-7-16(15)8-4-9/h9,14H,1-8H2. The molecule has 0 atom stereocenters. The van der Waals surface area contributed by atoms with Crippen molar-refractivity contribution in [3.05, 3.63) is 0 Å². The molecule has 16 heavy (non-hydrogen) atoms. The summed E-state index contributed by atoms with van der Waals surface area (Å²) in [6.07, 6.45) is -2.21. The van der Waals surface area contributed by atoms with Crippen LogP contribution in [0.1, 0.15) is 32.1 Å². The quantitative estimate of drug-likeness (QED) is 0.765. The zero-order valence-electron chi connectivity index (χ0n) is 9.18. The second kappa shape index (κ2) is 6.59. The Labute approximate surface area is 96.4 Å². The first-order valence-electron chi connectivity index (χ1n) is 5.62. The maximum atomic E-state index is 11.8. The van der Waals surface area contributed by atoms with E-state index >= 15 is 0 Å². The second-order valence-corrected chi connectivity index (χ2v) is 5.84. The number of rotatable bonds is 5. The van der Waals surface area contributed by atoms with Crippen molar-refractivity contribution in [3.8, 4) is 0 Å². The van der Waals surface area contributed by atoms with Gasteiger partial charge < -0.3 is 5.32 Å². The first-order valence-corrected chi connectivity index (χ1v) is 7.11. The van der Waals surface area contributed by atoms with E-state index in [4.69, 9.17) is 0 Å². The van der Waals surface area contributed by atoms with Crippen molar-refractivity contribution in [2.24, 2.45) is 0 Å². The molecule has 1 aliphatic heterocycles. The molecule has 1 saturated heterocycles. The van der Waals surface area contributed by atoms with Crippen molar-refractivity contribution in [1.82, 2.24) is 5.32 Å². The first kappa shape index (κ1) is 14.0. The lowest BCUT2D eigenvalue weighted by atomic mass is 10.1. The fourth-order valence-corrected chi connectivity index (χ4v) is 3.05. The van der Waals surface area contributed by atoms with Gasteiger partial charge in [-0.3, -0.25) is 4.21 Å². The molecule has 96 valence electrons. The summed E-state index contributed by atoms with van der Waals surface area (Å²) >= 11 is 0. The minimum absolute atomic E-state index is 0.190. The Kier molecular flexibility index (Phi) is 5.75. The minimum atomic E-state index is -4.03. The van der Waals surface area contributed by atoms with Crippen molar-refractivity contribution >= 4 is 10.8 Å². The van der Waals surface area contributed by atoms with Gasteiger partial charge in [0, 0.05) is 34.8 Å². The summed E-state index contributed by atoms with van der Waals surface area (Å²) < 4.78 is 46.5. The minimum Gasteiger partial charge on any atom is -0.314 e. The van der Waals surface area contributed by atoms with Crippen LogP contribution in [0.5, 0.6) is 0 Å². The van der Waals surface area contributed by atoms with Crippen LogP contribution in [0.4, 0.5) is 13.2 Å². The Morgan fingerprint density at radius 3 is 2.38 bits per heavy atom. The molecular formula is C10H18F3NOS. The third-order valence-electron chi connectivity index (χ3n) is 2.71. The summed E-state index contributed by atoms with van der Waals surface area (Å²) in [6.45, 7) is 0.632. The van der Waals surface area contributed by atoms with Gasteiger partial charge in [0.1, 0.15) is 0 Å². The monoisotopic (exact) mass is 257 g/mol. The average molecular weight is 257 g/mol. The smallest absolute Gasteiger partial charge is 0.314 e. The molecule has 1 aliphatic rings. The topological polar surface area (TPSA) is 29.1 Å². The van der Waals surface area contributed by atoms with Gasteiger partial charge in [0.25, 0.3) is 0 Å². The number of nitrogens with one attached hydrogen (secondary N) is 1. The largest absolute Gasteiger partial charge is 0.389 e. The fraction of sp³-hybridized carbons (Fsp3) is 1.00. The molecule has 0 aromatic heterocycles. The van der Waals surface area contributed by atoms with Gasteiger partial charge in [-0.25, -0.2) is 0 Å². The van der Waals surface area contributed by atoms with Crippen LogP contribution in [0, 0.1) is 0 Å². The average Bonchev–Trinajstić information content (AvgIpc) is 2.19. The van der Waals surface area contributed by atoms with Gasteiger partial charge in [0.15, 0.2) is 0 Å². The van der Waals surface area contributed by atoms with E-state index in [1.807, 2.05) is 0 Å². The van der Waals surface area contributed by atoms with Crippen LogP contribution >= 0.6 is 0 Å². The van der Waals surface area contributed by atoms with Crippen LogP contribution in [-0.2, 0) is 10.8 Å².